The van der Waals surface area contributed by atoms with Crippen molar-refractivity contribution >= 4 is 11.8 Å². The number of piperidine rings is 1. The molecule has 0 aromatic carbocycles. The number of likely N-dealkylation sites (N-methyl/N-ethyl adjacent to an activating group) is 1. The molecule has 1 aromatic heterocycles. The molecule has 32 heavy (non-hydrogen) atoms. The first-order chi connectivity index (χ1) is 15.3. The van der Waals surface area contributed by atoms with Crippen LogP contribution in [0, 0.1) is 18.3 Å². The van der Waals surface area contributed by atoms with Gasteiger partial charge in [-0.15, -0.1) is 0 Å². The van der Waals surface area contributed by atoms with Gasteiger partial charge in [-0.2, -0.15) is 4.98 Å². The second-order valence-corrected chi connectivity index (χ2v) is 10.1. The molecule has 1 spiro atoms. The summed E-state index contributed by atoms with van der Waals surface area (Å²) in [6.07, 6.45) is 2.80. The topological polar surface area (TPSA) is 86.0 Å². The molecule has 3 saturated heterocycles. The normalized spacial score (nSPS) is 24.6. The molecule has 0 N–H and O–H groups in total. The Kier molecular flexibility index (Phi) is 6.86. The van der Waals surface area contributed by atoms with E-state index in [9.17, 15) is 9.59 Å². The lowest BCUT2D eigenvalue weighted by Crippen LogP contribution is -2.51. The van der Waals surface area contributed by atoms with Gasteiger partial charge in [0.25, 0.3) is 0 Å². The fraction of sp³-hybridized carbons (Fsp3) is 0.826. The molecule has 1 unspecified atom stereocenters. The Balaban J connectivity index is 1.44. The van der Waals surface area contributed by atoms with Crippen LogP contribution in [0.15, 0.2) is 4.52 Å². The fourth-order valence-corrected chi connectivity index (χ4v) is 5.52. The Bertz CT molecular complexity index is 808. The first-order valence-corrected chi connectivity index (χ1v) is 12.1. The molecule has 3 fully saturated rings. The van der Waals surface area contributed by atoms with Gasteiger partial charge in [-0.3, -0.25) is 14.5 Å². The highest BCUT2D eigenvalue weighted by Crippen LogP contribution is 2.48. The number of hydrogen-bond donors (Lipinski definition) is 0. The van der Waals surface area contributed by atoms with E-state index >= 15 is 0 Å². The molecular weight excluding hydrogens is 408 g/mol. The van der Waals surface area contributed by atoms with Crippen molar-refractivity contribution < 1.29 is 14.1 Å². The molecule has 3 aliphatic heterocycles. The van der Waals surface area contributed by atoms with Gasteiger partial charge < -0.3 is 19.2 Å². The Morgan fingerprint density at radius 1 is 1.09 bits per heavy atom. The maximum atomic E-state index is 13.2. The highest BCUT2D eigenvalue weighted by Gasteiger charge is 2.49. The largest absolute Gasteiger partial charge is 0.342 e. The van der Waals surface area contributed by atoms with Gasteiger partial charge in [0.1, 0.15) is 0 Å². The van der Waals surface area contributed by atoms with Crippen LogP contribution in [-0.2, 0) is 9.59 Å². The predicted octanol–water partition coefficient (Wildman–Crippen LogP) is 1.55. The molecule has 178 valence electrons. The van der Waals surface area contributed by atoms with E-state index in [0.29, 0.717) is 18.3 Å². The molecule has 1 atom stereocenters. The van der Waals surface area contributed by atoms with Crippen LogP contribution in [0.5, 0.6) is 0 Å². The number of carbonyl (C=O) groups excluding carboxylic acids is 2. The van der Waals surface area contributed by atoms with E-state index < -0.39 is 0 Å². The van der Waals surface area contributed by atoms with Gasteiger partial charge in [-0.05, 0) is 38.1 Å². The smallest absolute Gasteiger partial charge is 0.244 e. The van der Waals surface area contributed by atoms with Crippen molar-refractivity contribution in [2.75, 3.05) is 58.9 Å². The van der Waals surface area contributed by atoms with E-state index in [1.165, 1.54) is 0 Å². The summed E-state index contributed by atoms with van der Waals surface area (Å²) in [7, 11) is 0. The van der Waals surface area contributed by atoms with Gasteiger partial charge in [0.15, 0.2) is 5.82 Å². The van der Waals surface area contributed by atoms with Gasteiger partial charge in [0.2, 0.25) is 17.7 Å². The van der Waals surface area contributed by atoms with Gasteiger partial charge in [-0.1, -0.05) is 25.9 Å². The standard InChI is InChI=1S/C23H38N6O3/c1-5-26-10-12-27(13-11-26)20(30)15-29-16-23(14-19(29)21-24-18(4)25-32-21)6-8-28(9-7-23)22(31)17(2)3/h17,19H,5-16H2,1-4H3. The van der Waals surface area contributed by atoms with Crippen molar-refractivity contribution in [2.24, 2.45) is 11.3 Å². The van der Waals surface area contributed by atoms with Crippen molar-refractivity contribution in [3.05, 3.63) is 11.7 Å². The number of aromatic nitrogens is 2. The molecular formula is C23H38N6O3. The van der Waals surface area contributed by atoms with Crippen molar-refractivity contribution in [1.82, 2.24) is 29.7 Å². The van der Waals surface area contributed by atoms with Crippen LogP contribution in [0.25, 0.3) is 0 Å². The zero-order valence-corrected chi connectivity index (χ0v) is 20.0. The zero-order chi connectivity index (χ0) is 22.9. The van der Waals surface area contributed by atoms with E-state index in [1.54, 1.807) is 0 Å². The second-order valence-electron chi connectivity index (χ2n) is 10.1. The molecule has 0 saturated carbocycles. The SMILES string of the molecule is CCN1CCN(C(=O)CN2CC3(CCN(C(=O)C(C)C)CC3)CC2c2nc(C)no2)CC1. The molecule has 4 rings (SSSR count). The summed E-state index contributed by atoms with van der Waals surface area (Å²) in [6.45, 7) is 15.2. The highest BCUT2D eigenvalue weighted by atomic mass is 16.5. The van der Waals surface area contributed by atoms with Crippen molar-refractivity contribution in [1.29, 1.82) is 0 Å². The summed E-state index contributed by atoms with van der Waals surface area (Å²) in [6, 6.07) is -0.0376. The minimum atomic E-state index is -0.0376. The third-order valence-electron chi connectivity index (χ3n) is 7.57. The number of nitrogens with zero attached hydrogens (tertiary/aromatic N) is 6. The minimum Gasteiger partial charge on any atom is -0.342 e. The molecule has 1 aromatic rings. The average molecular weight is 447 g/mol. The van der Waals surface area contributed by atoms with E-state index in [1.807, 2.05) is 30.6 Å². The van der Waals surface area contributed by atoms with Crippen LogP contribution in [-0.4, -0.2) is 100 Å². The maximum absolute atomic E-state index is 13.2. The summed E-state index contributed by atoms with van der Waals surface area (Å²) in [5, 5.41) is 4.00. The second kappa shape index (κ2) is 9.47. The van der Waals surface area contributed by atoms with Gasteiger partial charge in [0.05, 0.1) is 12.6 Å². The predicted molar refractivity (Wildman–Crippen MR) is 120 cm³/mol. The summed E-state index contributed by atoms with van der Waals surface area (Å²) in [5.74, 6) is 1.69. The lowest BCUT2D eigenvalue weighted by Gasteiger charge is -2.40. The number of aryl methyl sites for hydroxylation is 1. The first-order valence-electron chi connectivity index (χ1n) is 12.1. The number of carbonyl (C=O) groups is 2. The lowest BCUT2D eigenvalue weighted by atomic mass is 9.76. The molecule has 3 aliphatic rings. The Hall–Kier alpha value is -2.00. The number of likely N-dealkylation sites (tertiary alicyclic amines) is 2. The quantitative estimate of drug-likeness (QED) is 0.678. The molecule has 2 amide bonds. The summed E-state index contributed by atoms with van der Waals surface area (Å²) in [5.41, 5.74) is 0.0853. The number of piperazine rings is 1. The Labute approximate surface area is 191 Å². The minimum absolute atomic E-state index is 0.0315. The van der Waals surface area contributed by atoms with E-state index in [4.69, 9.17) is 4.52 Å². The van der Waals surface area contributed by atoms with Crippen LogP contribution in [0.2, 0.25) is 0 Å². The molecule has 9 nitrogen and oxygen atoms in total. The number of rotatable bonds is 5. The summed E-state index contributed by atoms with van der Waals surface area (Å²) in [4.78, 5) is 38.8. The van der Waals surface area contributed by atoms with E-state index in [0.717, 1.165) is 71.6 Å². The zero-order valence-electron chi connectivity index (χ0n) is 20.0. The molecule has 0 radical (unpaired) electrons. The third-order valence-corrected chi connectivity index (χ3v) is 7.57. The third kappa shape index (κ3) is 4.83. The number of hydrogen-bond acceptors (Lipinski definition) is 7. The van der Waals surface area contributed by atoms with Crippen LogP contribution < -0.4 is 0 Å². The van der Waals surface area contributed by atoms with Crippen LogP contribution in [0.1, 0.15) is 57.8 Å². The Morgan fingerprint density at radius 2 is 1.78 bits per heavy atom. The lowest BCUT2D eigenvalue weighted by molar-refractivity contribution is -0.136. The Morgan fingerprint density at radius 3 is 2.34 bits per heavy atom. The van der Waals surface area contributed by atoms with Crippen LogP contribution >= 0.6 is 0 Å². The monoisotopic (exact) mass is 446 g/mol. The van der Waals surface area contributed by atoms with Gasteiger partial charge >= 0.3 is 0 Å². The van der Waals surface area contributed by atoms with Crippen molar-refractivity contribution in [3.63, 3.8) is 0 Å². The van der Waals surface area contributed by atoms with Gasteiger partial charge in [0, 0.05) is 51.7 Å². The summed E-state index contributed by atoms with van der Waals surface area (Å²) >= 11 is 0. The fourth-order valence-electron chi connectivity index (χ4n) is 5.52. The highest BCUT2D eigenvalue weighted by molar-refractivity contribution is 5.79. The van der Waals surface area contributed by atoms with Crippen molar-refractivity contribution in [2.45, 2.75) is 53.0 Å². The molecule has 4 heterocycles. The average Bonchev–Trinajstić information content (AvgIpc) is 3.37. The van der Waals surface area contributed by atoms with E-state index in [2.05, 4.69) is 26.9 Å². The molecule has 0 bridgehead atoms. The number of amides is 2. The van der Waals surface area contributed by atoms with Crippen molar-refractivity contribution in [3.8, 4) is 0 Å². The molecule has 0 aliphatic carbocycles. The maximum Gasteiger partial charge on any atom is 0.244 e. The first kappa shape index (κ1) is 23.2. The van der Waals surface area contributed by atoms with Crippen LogP contribution in [0.3, 0.4) is 0 Å². The van der Waals surface area contributed by atoms with Gasteiger partial charge in [-0.25, -0.2) is 0 Å². The van der Waals surface area contributed by atoms with E-state index in [-0.39, 0.29) is 29.2 Å². The molecule has 9 heteroatoms. The van der Waals surface area contributed by atoms with Crippen LogP contribution in [0.4, 0.5) is 0 Å². The summed E-state index contributed by atoms with van der Waals surface area (Å²) < 4.78 is 5.56.